The fourth-order valence-corrected chi connectivity index (χ4v) is 4.73. The van der Waals surface area contributed by atoms with Crippen LogP contribution in [0.2, 0.25) is 0 Å². The van der Waals surface area contributed by atoms with Crippen molar-refractivity contribution >= 4 is 21.6 Å². The SMILES string of the molecule is O=C(CN1CCN(S(=O)(=O)c2ccccc2[N+](=O)[O-])CC1)NCc1ccccc1. The summed E-state index contributed by atoms with van der Waals surface area (Å²) < 4.78 is 26.9. The van der Waals surface area contributed by atoms with Gasteiger partial charge in [0.2, 0.25) is 15.9 Å². The van der Waals surface area contributed by atoms with E-state index in [2.05, 4.69) is 5.32 Å². The highest BCUT2D eigenvalue weighted by Crippen LogP contribution is 2.26. The number of hydrogen-bond acceptors (Lipinski definition) is 6. The minimum Gasteiger partial charge on any atom is -0.351 e. The van der Waals surface area contributed by atoms with Gasteiger partial charge in [0, 0.05) is 38.8 Å². The molecule has 0 atom stereocenters. The summed E-state index contributed by atoms with van der Waals surface area (Å²) >= 11 is 0. The van der Waals surface area contributed by atoms with Crippen LogP contribution in [0.15, 0.2) is 59.5 Å². The highest BCUT2D eigenvalue weighted by molar-refractivity contribution is 7.89. The number of nitro benzene ring substituents is 1. The van der Waals surface area contributed by atoms with Crippen LogP contribution in [0.25, 0.3) is 0 Å². The Kier molecular flexibility index (Phi) is 6.57. The first kappa shape index (κ1) is 20.9. The van der Waals surface area contributed by atoms with Gasteiger partial charge in [0.1, 0.15) is 0 Å². The summed E-state index contributed by atoms with van der Waals surface area (Å²) in [6.07, 6.45) is 0. The number of benzene rings is 2. The van der Waals surface area contributed by atoms with E-state index < -0.39 is 20.6 Å². The highest BCUT2D eigenvalue weighted by Gasteiger charge is 2.33. The van der Waals surface area contributed by atoms with E-state index in [1.807, 2.05) is 35.2 Å². The maximum absolute atomic E-state index is 12.8. The Labute approximate surface area is 169 Å². The van der Waals surface area contributed by atoms with Gasteiger partial charge in [-0.05, 0) is 11.6 Å². The van der Waals surface area contributed by atoms with E-state index in [-0.39, 0.29) is 30.4 Å². The Morgan fingerprint density at radius 2 is 1.62 bits per heavy atom. The van der Waals surface area contributed by atoms with E-state index in [0.717, 1.165) is 5.56 Å². The van der Waals surface area contributed by atoms with E-state index in [0.29, 0.717) is 19.6 Å². The molecule has 0 aromatic heterocycles. The van der Waals surface area contributed by atoms with E-state index in [1.165, 1.54) is 28.6 Å². The second-order valence-electron chi connectivity index (χ2n) is 6.67. The molecular formula is C19H22N4O5S. The maximum Gasteiger partial charge on any atom is 0.289 e. The van der Waals surface area contributed by atoms with Crippen LogP contribution in [0, 0.1) is 10.1 Å². The topological polar surface area (TPSA) is 113 Å². The number of nitrogens with one attached hydrogen (secondary N) is 1. The second-order valence-corrected chi connectivity index (χ2v) is 8.57. The van der Waals surface area contributed by atoms with Crippen molar-refractivity contribution in [1.29, 1.82) is 0 Å². The molecule has 10 heteroatoms. The van der Waals surface area contributed by atoms with Gasteiger partial charge in [-0.1, -0.05) is 42.5 Å². The molecule has 9 nitrogen and oxygen atoms in total. The van der Waals surface area contributed by atoms with E-state index in [4.69, 9.17) is 0 Å². The molecule has 0 spiro atoms. The molecular weight excluding hydrogens is 396 g/mol. The van der Waals surface area contributed by atoms with Crippen molar-refractivity contribution in [2.75, 3.05) is 32.7 Å². The number of rotatable bonds is 7. The number of nitrogens with zero attached hydrogens (tertiary/aromatic N) is 3. The molecule has 1 aliphatic rings. The van der Waals surface area contributed by atoms with E-state index >= 15 is 0 Å². The minimum atomic E-state index is -3.97. The zero-order valence-electron chi connectivity index (χ0n) is 15.7. The quantitative estimate of drug-likeness (QED) is 0.534. The number of hydrogen-bond donors (Lipinski definition) is 1. The molecule has 1 heterocycles. The van der Waals surface area contributed by atoms with Gasteiger partial charge in [0.05, 0.1) is 11.5 Å². The molecule has 1 saturated heterocycles. The van der Waals surface area contributed by atoms with Crippen LogP contribution in [0.5, 0.6) is 0 Å². The predicted octanol–water partition coefficient (Wildman–Crippen LogP) is 1.22. The number of nitro groups is 1. The fourth-order valence-electron chi connectivity index (χ4n) is 3.15. The third kappa shape index (κ3) is 5.17. The normalized spacial score (nSPS) is 15.7. The van der Waals surface area contributed by atoms with Crippen LogP contribution < -0.4 is 5.32 Å². The lowest BCUT2D eigenvalue weighted by molar-refractivity contribution is -0.387. The number of para-hydroxylation sites is 1. The lowest BCUT2D eigenvalue weighted by Crippen LogP contribution is -2.51. The van der Waals surface area contributed by atoms with Gasteiger partial charge in [-0.25, -0.2) is 8.42 Å². The molecule has 0 bridgehead atoms. The monoisotopic (exact) mass is 418 g/mol. The van der Waals surface area contributed by atoms with Gasteiger partial charge in [-0.15, -0.1) is 0 Å². The number of amides is 1. The molecule has 0 radical (unpaired) electrons. The average molecular weight is 418 g/mol. The molecule has 0 aliphatic carbocycles. The zero-order valence-corrected chi connectivity index (χ0v) is 16.5. The van der Waals surface area contributed by atoms with Crippen molar-refractivity contribution in [3.8, 4) is 0 Å². The molecule has 29 heavy (non-hydrogen) atoms. The fraction of sp³-hybridized carbons (Fsp3) is 0.316. The van der Waals surface area contributed by atoms with Gasteiger partial charge in [0.25, 0.3) is 5.69 Å². The summed E-state index contributed by atoms with van der Waals surface area (Å²) in [7, 11) is -3.97. The van der Waals surface area contributed by atoms with E-state index in [1.54, 1.807) is 0 Å². The van der Waals surface area contributed by atoms with Gasteiger partial charge in [-0.2, -0.15) is 4.31 Å². The molecule has 0 unspecified atom stereocenters. The lowest BCUT2D eigenvalue weighted by atomic mass is 10.2. The molecule has 154 valence electrons. The van der Waals surface area contributed by atoms with E-state index in [9.17, 15) is 23.3 Å². The summed E-state index contributed by atoms with van der Waals surface area (Å²) in [6, 6.07) is 14.9. The first-order chi connectivity index (χ1) is 13.9. The molecule has 0 saturated carbocycles. The Morgan fingerprint density at radius 1 is 1.00 bits per heavy atom. The molecule has 1 amide bonds. The number of sulfonamides is 1. The number of carbonyl (C=O) groups excluding carboxylic acids is 1. The Balaban J connectivity index is 1.55. The minimum absolute atomic E-state index is 0.135. The summed E-state index contributed by atoms with van der Waals surface area (Å²) in [5, 5.41) is 14.0. The molecule has 1 aliphatic heterocycles. The van der Waals surface area contributed by atoms with Crippen LogP contribution in [-0.2, 0) is 21.4 Å². The molecule has 1 N–H and O–H groups in total. The summed E-state index contributed by atoms with van der Waals surface area (Å²) in [4.78, 5) is 24.2. The summed E-state index contributed by atoms with van der Waals surface area (Å²) in [5.41, 5.74) is 0.566. The van der Waals surface area contributed by atoms with Crippen LogP contribution in [-0.4, -0.2) is 61.2 Å². The Bertz CT molecular complexity index is 973. The van der Waals surface area contributed by atoms with Crippen LogP contribution >= 0.6 is 0 Å². The Hall–Kier alpha value is -2.82. The average Bonchev–Trinajstić information content (AvgIpc) is 2.73. The van der Waals surface area contributed by atoms with Crippen molar-refractivity contribution in [3.63, 3.8) is 0 Å². The summed E-state index contributed by atoms with van der Waals surface area (Å²) in [5.74, 6) is -0.135. The highest BCUT2D eigenvalue weighted by atomic mass is 32.2. The predicted molar refractivity (Wildman–Crippen MR) is 107 cm³/mol. The van der Waals surface area contributed by atoms with Crippen molar-refractivity contribution in [3.05, 3.63) is 70.3 Å². The van der Waals surface area contributed by atoms with Crippen molar-refractivity contribution < 1.29 is 18.1 Å². The third-order valence-electron chi connectivity index (χ3n) is 4.71. The molecule has 1 fully saturated rings. The van der Waals surface area contributed by atoms with Crippen molar-refractivity contribution in [1.82, 2.24) is 14.5 Å². The summed E-state index contributed by atoms with van der Waals surface area (Å²) in [6.45, 7) is 1.69. The Morgan fingerprint density at radius 3 is 2.28 bits per heavy atom. The largest absolute Gasteiger partial charge is 0.351 e. The van der Waals surface area contributed by atoms with Crippen LogP contribution in [0.1, 0.15) is 5.56 Å². The maximum atomic E-state index is 12.8. The number of carbonyl (C=O) groups is 1. The van der Waals surface area contributed by atoms with Crippen molar-refractivity contribution in [2.24, 2.45) is 0 Å². The van der Waals surface area contributed by atoms with Crippen molar-refractivity contribution in [2.45, 2.75) is 11.4 Å². The third-order valence-corrected chi connectivity index (χ3v) is 6.66. The molecule has 2 aromatic rings. The number of piperazine rings is 1. The zero-order chi connectivity index (χ0) is 20.9. The second kappa shape index (κ2) is 9.12. The van der Waals surface area contributed by atoms with Gasteiger partial charge in [-0.3, -0.25) is 19.8 Å². The van der Waals surface area contributed by atoms with Gasteiger partial charge >= 0.3 is 0 Å². The first-order valence-corrected chi connectivity index (χ1v) is 10.6. The lowest BCUT2D eigenvalue weighted by Gasteiger charge is -2.33. The smallest absolute Gasteiger partial charge is 0.289 e. The van der Waals surface area contributed by atoms with Crippen LogP contribution in [0.4, 0.5) is 5.69 Å². The van der Waals surface area contributed by atoms with Gasteiger partial charge in [0.15, 0.2) is 4.90 Å². The van der Waals surface area contributed by atoms with Gasteiger partial charge < -0.3 is 5.32 Å². The first-order valence-electron chi connectivity index (χ1n) is 9.14. The van der Waals surface area contributed by atoms with Crippen LogP contribution in [0.3, 0.4) is 0 Å². The standard InChI is InChI=1S/C19H22N4O5S/c24-19(20-14-16-6-2-1-3-7-16)15-21-10-12-22(13-11-21)29(27,28)18-9-5-4-8-17(18)23(25)26/h1-9H,10-15H2,(H,20,24). The molecule has 2 aromatic carbocycles. The molecule has 3 rings (SSSR count).